The van der Waals surface area contributed by atoms with Crippen LogP contribution in [0.5, 0.6) is 0 Å². The molecule has 0 aliphatic carbocycles. The standard InChI is InChI=1S/C14H17BrN2O4/c1-9(2-7-13(19)20)17-12(18)8-16-14(21)10-3-5-11(15)6-4-10/h3-6,9H,2,7-8H2,1H3,(H,16,21)(H,17,18)(H,19,20). The topological polar surface area (TPSA) is 95.5 Å². The number of halogens is 1. The summed E-state index contributed by atoms with van der Waals surface area (Å²) >= 11 is 3.27. The van der Waals surface area contributed by atoms with Crippen LogP contribution in [0.15, 0.2) is 28.7 Å². The summed E-state index contributed by atoms with van der Waals surface area (Å²) in [6.45, 7) is 1.57. The number of nitrogens with one attached hydrogen (secondary N) is 2. The van der Waals surface area contributed by atoms with Crippen LogP contribution in [0.3, 0.4) is 0 Å². The maximum Gasteiger partial charge on any atom is 0.303 e. The molecule has 1 aromatic rings. The van der Waals surface area contributed by atoms with Crippen LogP contribution in [0.2, 0.25) is 0 Å². The predicted octanol–water partition coefficient (Wildman–Crippen LogP) is 1.55. The molecule has 0 aliphatic rings. The molecule has 0 heterocycles. The van der Waals surface area contributed by atoms with Gasteiger partial charge in [0.1, 0.15) is 0 Å². The van der Waals surface area contributed by atoms with Gasteiger partial charge in [-0.05, 0) is 37.6 Å². The van der Waals surface area contributed by atoms with E-state index < -0.39 is 5.97 Å². The fraction of sp³-hybridized carbons (Fsp3) is 0.357. The Bertz CT molecular complexity index is 516. The number of carbonyl (C=O) groups is 3. The molecule has 0 fully saturated rings. The van der Waals surface area contributed by atoms with Gasteiger partial charge in [0.25, 0.3) is 5.91 Å². The number of rotatable bonds is 7. The van der Waals surface area contributed by atoms with E-state index in [2.05, 4.69) is 26.6 Å². The Morgan fingerprint density at radius 3 is 2.43 bits per heavy atom. The van der Waals surface area contributed by atoms with Crippen LogP contribution in [-0.4, -0.2) is 35.5 Å². The molecular weight excluding hydrogens is 340 g/mol. The summed E-state index contributed by atoms with van der Waals surface area (Å²) < 4.78 is 0.865. The molecule has 0 spiro atoms. The molecule has 21 heavy (non-hydrogen) atoms. The zero-order valence-electron chi connectivity index (χ0n) is 11.6. The van der Waals surface area contributed by atoms with Crippen molar-refractivity contribution in [1.29, 1.82) is 0 Å². The first-order valence-corrected chi connectivity index (χ1v) is 7.22. The van der Waals surface area contributed by atoms with Crippen LogP contribution < -0.4 is 10.6 Å². The average molecular weight is 357 g/mol. The Kier molecular flexibility index (Phi) is 6.87. The van der Waals surface area contributed by atoms with Gasteiger partial charge in [-0.1, -0.05) is 15.9 Å². The van der Waals surface area contributed by atoms with E-state index in [-0.39, 0.29) is 30.8 Å². The highest BCUT2D eigenvalue weighted by Gasteiger charge is 2.11. The molecular formula is C14H17BrN2O4. The lowest BCUT2D eigenvalue weighted by atomic mass is 10.2. The number of aliphatic carboxylic acids is 1. The minimum Gasteiger partial charge on any atom is -0.481 e. The van der Waals surface area contributed by atoms with Gasteiger partial charge in [0.2, 0.25) is 5.91 Å². The van der Waals surface area contributed by atoms with Crippen molar-refractivity contribution in [2.75, 3.05) is 6.54 Å². The van der Waals surface area contributed by atoms with E-state index in [0.717, 1.165) is 4.47 Å². The summed E-state index contributed by atoms with van der Waals surface area (Å²) in [5.41, 5.74) is 0.463. The molecule has 2 amide bonds. The molecule has 0 saturated heterocycles. The van der Waals surface area contributed by atoms with Gasteiger partial charge >= 0.3 is 5.97 Å². The molecule has 0 bridgehead atoms. The van der Waals surface area contributed by atoms with E-state index in [1.54, 1.807) is 31.2 Å². The van der Waals surface area contributed by atoms with Crippen LogP contribution in [0.25, 0.3) is 0 Å². The second kappa shape index (κ2) is 8.41. The van der Waals surface area contributed by atoms with Crippen molar-refractivity contribution < 1.29 is 19.5 Å². The Morgan fingerprint density at radius 2 is 1.86 bits per heavy atom. The Hall–Kier alpha value is -1.89. The lowest BCUT2D eigenvalue weighted by molar-refractivity contribution is -0.137. The van der Waals surface area contributed by atoms with Gasteiger partial charge in [0.15, 0.2) is 0 Å². The van der Waals surface area contributed by atoms with Gasteiger partial charge in [-0.15, -0.1) is 0 Å². The van der Waals surface area contributed by atoms with Crippen molar-refractivity contribution in [2.45, 2.75) is 25.8 Å². The summed E-state index contributed by atoms with van der Waals surface area (Å²) in [4.78, 5) is 33.8. The third-order valence-corrected chi connectivity index (χ3v) is 3.24. The molecule has 1 aromatic carbocycles. The number of carbonyl (C=O) groups excluding carboxylic acids is 2. The smallest absolute Gasteiger partial charge is 0.303 e. The Balaban J connectivity index is 2.33. The number of hydrogen-bond donors (Lipinski definition) is 3. The van der Waals surface area contributed by atoms with Gasteiger partial charge in [-0.25, -0.2) is 0 Å². The summed E-state index contributed by atoms with van der Waals surface area (Å²) in [5, 5.41) is 13.7. The molecule has 0 radical (unpaired) electrons. The summed E-state index contributed by atoms with van der Waals surface area (Å²) in [5.74, 6) is -1.59. The zero-order chi connectivity index (χ0) is 15.8. The number of hydrogen-bond acceptors (Lipinski definition) is 3. The number of amides is 2. The lowest BCUT2D eigenvalue weighted by Gasteiger charge is -2.13. The highest BCUT2D eigenvalue weighted by molar-refractivity contribution is 9.10. The summed E-state index contributed by atoms with van der Waals surface area (Å²) in [6.07, 6.45) is 0.342. The van der Waals surface area contributed by atoms with Crippen LogP contribution in [-0.2, 0) is 9.59 Å². The van der Waals surface area contributed by atoms with Crippen LogP contribution in [0.4, 0.5) is 0 Å². The highest BCUT2D eigenvalue weighted by Crippen LogP contribution is 2.10. The van der Waals surface area contributed by atoms with Crippen molar-refractivity contribution >= 4 is 33.7 Å². The minimum atomic E-state index is -0.903. The Morgan fingerprint density at radius 1 is 1.24 bits per heavy atom. The minimum absolute atomic E-state index is 0.00724. The van der Waals surface area contributed by atoms with E-state index in [0.29, 0.717) is 12.0 Å². The molecule has 0 saturated carbocycles. The van der Waals surface area contributed by atoms with E-state index in [1.165, 1.54) is 0 Å². The monoisotopic (exact) mass is 356 g/mol. The maximum absolute atomic E-state index is 11.8. The van der Waals surface area contributed by atoms with Crippen molar-refractivity contribution in [1.82, 2.24) is 10.6 Å². The maximum atomic E-state index is 11.8. The Labute approximate surface area is 131 Å². The largest absolute Gasteiger partial charge is 0.481 e. The molecule has 6 nitrogen and oxygen atoms in total. The van der Waals surface area contributed by atoms with Gasteiger partial charge in [0.05, 0.1) is 6.54 Å². The van der Waals surface area contributed by atoms with E-state index in [9.17, 15) is 14.4 Å². The van der Waals surface area contributed by atoms with Crippen molar-refractivity contribution in [2.24, 2.45) is 0 Å². The third-order valence-electron chi connectivity index (χ3n) is 2.71. The highest BCUT2D eigenvalue weighted by atomic mass is 79.9. The number of carboxylic acids is 1. The predicted molar refractivity (Wildman–Crippen MR) is 80.9 cm³/mol. The van der Waals surface area contributed by atoms with E-state index in [1.807, 2.05) is 0 Å². The molecule has 7 heteroatoms. The molecule has 1 rings (SSSR count). The first kappa shape index (κ1) is 17.2. The van der Waals surface area contributed by atoms with Crippen molar-refractivity contribution in [3.05, 3.63) is 34.3 Å². The fourth-order valence-corrected chi connectivity index (χ4v) is 1.87. The van der Waals surface area contributed by atoms with Crippen LogP contribution in [0.1, 0.15) is 30.1 Å². The average Bonchev–Trinajstić information content (AvgIpc) is 2.43. The van der Waals surface area contributed by atoms with Gasteiger partial charge in [0, 0.05) is 22.5 Å². The summed E-state index contributed by atoms with van der Waals surface area (Å²) in [6, 6.07) is 6.52. The molecule has 3 N–H and O–H groups in total. The van der Waals surface area contributed by atoms with Crippen molar-refractivity contribution in [3.63, 3.8) is 0 Å². The second-order valence-corrected chi connectivity index (χ2v) is 5.51. The van der Waals surface area contributed by atoms with Gasteiger partial charge in [-0.3, -0.25) is 14.4 Å². The van der Waals surface area contributed by atoms with Crippen molar-refractivity contribution in [3.8, 4) is 0 Å². The van der Waals surface area contributed by atoms with Crippen LogP contribution >= 0.6 is 15.9 Å². The third kappa shape index (κ3) is 6.89. The van der Waals surface area contributed by atoms with E-state index in [4.69, 9.17) is 5.11 Å². The first-order chi connectivity index (χ1) is 9.88. The zero-order valence-corrected chi connectivity index (χ0v) is 13.1. The second-order valence-electron chi connectivity index (χ2n) is 4.59. The molecule has 1 atom stereocenters. The quantitative estimate of drug-likeness (QED) is 0.690. The molecule has 0 aliphatic heterocycles. The molecule has 1 unspecified atom stereocenters. The van der Waals surface area contributed by atoms with E-state index >= 15 is 0 Å². The molecule has 114 valence electrons. The van der Waals surface area contributed by atoms with Crippen LogP contribution in [0, 0.1) is 0 Å². The first-order valence-electron chi connectivity index (χ1n) is 6.43. The lowest BCUT2D eigenvalue weighted by Crippen LogP contribution is -2.41. The number of benzene rings is 1. The number of carboxylic acid groups (broad SMARTS) is 1. The SMILES string of the molecule is CC(CCC(=O)O)NC(=O)CNC(=O)c1ccc(Br)cc1. The van der Waals surface area contributed by atoms with Gasteiger partial charge < -0.3 is 15.7 Å². The normalized spacial score (nSPS) is 11.5. The fourth-order valence-electron chi connectivity index (χ4n) is 1.60. The molecule has 0 aromatic heterocycles. The summed E-state index contributed by atoms with van der Waals surface area (Å²) in [7, 11) is 0. The van der Waals surface area contributed by atoms with Gasteiger partial charge in [-0.2, -0.15) is 0 Å².